The minimum absolute atomic E-state index is 0.110. The molecular formula is C27H22O5. The van der Waals surface area contributed by atoms with Crippen molar-refractivity contribution < 1.29 is 24.5 Å². The molecule has 0 aromatic heterocycles. The van der Waals surface area contributed by atoms with Crippen LogP contribution in [0.1, 0.15) is 15.9 Å². The third-order valence-corrected chi connectivity index (χ3v) is 5.33. The molecule has 0 heterocycles. The van der Waals surface area contributed by atoms with Gasteiger partial charge in [-0.15, -0.1) is 0 Å². The maximum atomic E-state index is 12.9. The van der Waals surface area contributed by atoms with Gasteiger partial charge in [0.2, 0.25) is 0 Å². The molecule has 0 unspecified atom stereocenters. The van der Waals surface area contributed by atoms with Gasteiger partial charge in [-0.1, -0.05) is 48.5 Å². The molecule has 32 heavy (non-hydrogen) atoms. The molecule has 0 aliphatic carbocycles. The molecule has 0 saturated heterocycles. The van der Waals surface area contributed by atoms with Gasteiger partial charge >= 0.3 is 0 Å². The summed E-state index contributed by atoms with van der Waals surface area (Å²) in [6.07, 6.45) is 0. The number of ketones is 1. The average molecular weight is 426 g/mol. The Morgan fingerprint density at radius 1 is 0.594 bits per heavy atom. The number of phenols is 2. The highest BCUT2D eigenvalue weighted by Crippen LogP contribution is 2.34. The Bertz CT molecular complexity index is 1160. The standard InChI is InChI=1S/C27H22O5/c1-31-21-11-13-23(25(28)15-21)17-3-7-19(8-4-17)27(30)20-9-5-18(6-10-20)24-14-12-22(32-2)16-26(24)29/h3-16,28-29H,1-2H3. The number of benzene rings is 4. The van der Waals surface area contributed by atoms with Crippen molar-refractivity contribution in [1.29, 1.82) is 0 Å². The van der Waals surface area contributed by atoms with Crippen molar-refractivity contribution in [2.24, 2.45) is 0 Å². The van der Waals surface area contributed by atoms with E-state index in [-0.39, 0.29) is 17.3 Å². The van der Waals surface area contributed by atoms with Crippen molar-refractivity contribution in [3.63, 3.8) is 0 Å². The van der Waals surface area contributed by atoms with Crippen molar-refractivity contribution >= 4 is 5.78 Å². The van der Waals surface area contributed by atoms with Gasteiger partial charge in [0, 0.05) is 34.4 Å². The van der Waals surface area contributed by atoms with E-state index in [1.54, 1.807) is 99.1 Å². The topological polar surface area (TPSA) is 76.0 Å². The van der Waals surface area contributed by atoms with Crippen LogP contribution in [0.4, 0.5) is 0 Å². The number of ether oxygens (including phenoxy) is 2. The Morgan fingerprint density at radius 3 is 1.28 bits per heavy atom. The van der Waals surface area contributed by atoms with E-state index >= 15 is 0 Å². The van der Waals surface area contributed by atoms with Gasteiger partial charge in [-0.05, 0) is 35.4 Å². The molecule has 0 amide bonds. The Hall–Kier alpha value is -4.25. The molecule has 0 spiro atoms. The Balaban J connectivity index is 1.54. The molecule has 0 radical (unpaired) electrons. The summed E-state index contributed by atoms with van der Waals surface area (Å²) in [5, 5.41) is 20.5. The summed E-state index contributed by atoms with van der Waals surface area (Å²) in [6, 6.07) is 24.4. The third-order valence-electron chi connectivity index (χ3n) is 5.33. The van der Waals surface area contributed by atoms with Crippen LogP contribution in [0.5, 0.6) is 23.0 Å². The fourth-order valence-corrected chi connectivity index (χ4v) is 3.53. The zero-order chi connectivity index (χ0) is 22.7. The predicted molar refractivity (Wildman–Crippen MR) is 124 cm³/mol. The van der Waals surface area contributed by atoms with E-state index in [1.165, 1.54) is 0 Å². The molecule has 160 valence electrons. The van der Waals surface area contributed by atoms with E-state index in [0.29, 0.717) is 33.8 Å². The van der Waals surface area contributed by atoms with Gasteiger partial charge in [-0.2, -0.15) is 0 Å². The highest BCUT2D eigenvalue weighted by molar-refractivity contribution is 6.09. The summed E-state index contributed by atoms with van der Waals surface area (Å²) in [5.74, 6) is 1.26. The zero-order valence-corrected chi connectivity index (χ0v) is 17.7. The maximum Gasteiger partial charge on any atom is 0.193 e. The predicted octanol–water partition coefficient (Wildman–Crippen LogP) is 5.68. The van der Waals surface area contributed by atoms with Crippen molar-refractivity contribution in [2.75, 3.05) is 14.2 Å². The lowest BCUT2D eigenvalue weighted by atomic mass is 9.97. The normalized spacial score (nSPS) is 10.6. The largest absolute Gasteiger partial charge is 0.507 e. The molecule has 5 heteroatoms. The Kier molecular flexibility index (Phi) is 5.81. The molecule has 4 aromatic rings. The first-order valence-corrected chi connectivity index (χ1v) is 9.99. The van der Waals surface area contributed by atoms with Crippen molar-refractivity contribution in [2.45, 2.75) is 0 Å². The zero-order valence-electron chi connectivity index (χ0n) is 17.7. The van der Waals surface area contributed by atoms with Crippen LogP contribution in [-0.2, 0) is 0 Å². The van der Waals surface area contributed by atoms with Crippen LogP contribution in [-0.4, -0.2) is 30.2 Å². The van der Waals surface area contributed by atoms with Gasteiger partial charge in [-0.25, -0.2) is 0 Å². The minimum Gasteiger partial charge on any atom is -0.507 e. The van der Waals surface area contributed by atoms with E-state index in [0.717, 1.165) is 11.1 Å². The minimum atomic E-state index is -0.110. The highest BCUT2D eigenvalue weighted by atomic mass is 16.5. The smallest absolute Gasteiger partial charge is 0.193 e. The average Bonchev–Trinajstić information content (AvgIpc) is 2.83. The number of aromatic hydroxyl groups is 2. The summed E-state index contributed by atoms with van der Waals surface area (Å²) in [5.41, 5.74) is 4.00. The molecule has 0 atom stereocenters. The fraction of sp³-hybridized carbons (Fsp3) is 0.0741. The molecular weight excluding hydrogens is 404 g/mol. The molecule has 2 N–H and O–H groups in total. The molecule has 4 aromatic carbocycles. The second-order valence-electron chi connectivity index (χ2n) is 7.25. The maximum absolute atomic E-state index is 12.9. The van der Waals surface area contributed by atoms with E-state index in [1.807, 2.05) is 0 Å². The van der Waals surface area contributed by atoms with E-state index in [9.17, 15) is 15.0 Å². The number of hydrogen-bond donors (Lipinski definition) is 2. The number of carbonyl (C=O) groups excluding carboxylic acids is 1. The van der Waals surface area contributed by atoms with Crippen molar-refractivity contribution in [1.82, 2.24) is 0 Å². The first kappa shape index (κ1) is 21.0. The number of hydrogen-bond acceptors (Lipinski definition) is 5. The van der Waals surface area contributed by atoms with Crippen LogP contribution in [0.2, 0.25) is 0 Å². The lowest BCUT2D eigenvalue weighted by Crippen LogP contribution is -2.01. The Labute approximate surface area is 186 Å². The lowest BCUT2D eigenvalue weighted by molar-refractivity contribution is 0.103. The summed E-state index contributed by atoms with van der Waals surface area (Å²) in [4.78, 5) is 12.9. The van der Waals surface area contributed by atoms with Gasteiger partial charge in [-0.3, -0.25) is 4.79 Å². The second-order valence-corrected chi connectivity index (χ2v) is 7.25. The van der Waals surface area contributed by atoms with E-state index < -0.39 is 0 Å². The van der Waals surface area contributed by atoms with E-state index in [2.05, 4.69) is 0 Å². The second kappa shape index (κ2) is 8.86. The van der Waals surface area contributed by atoms with E-state index in [4.69, 9.17) is 9.47 Å². The monoisotopic (exact) mass is 426 g/mol. The molecule has 0 fully saturated rings. The number of carbonyl (C=O) groups is 1. The van der Waals surface area contributed by atoms with Crippen LogP contribution in [0.3, 0.4) is 0 Å². The number of methoxy groups -OCH3 is 2. The molecule has 0 saturated carbocycles. The van der Waals surface area contributed by atoms with Crippen LogP contribution in [0.15, 0.2) is 84.9 Å². The first-order valence-electron chi connectivity index (χ1n) is 9.99. The fourth-order valence-electron chi connectivity index (χ4n) is 3.53. The summed E-state index contributed by atoms with van der Waals surface area (Å²) >= 11 is 0. The van der Waals surface area contributed by atoms with Gasteiger partial charge in [0.15, 0.2) is 5.78 Å². The van der Waals surface area contributed by atoms with Crippen molar-refractivity contribution in [3.05, 3.63) is 96.1 Å². The number of rotatable bonds is 6. The van der Waals surface area contributed by atoms with Gasteiger partial charge < -0.3 is 19.7 Å². The van der Waals surface area contributed by atoms with Crippen molar-refractivity contribution in [3.8, 4) is 45.3 Å². The van der Waals surface area contributed by atoms with Gasteiger partial charge in [0.1, 0.15) is 23.0 Å². The number of phenolic OH excluding ortho intramolecular Hbond substituents is 2. The van der Waals surface area contributed by atoms with Gasteiger partial charge in [0.25, 0.3) is 0 Å². The Morgan fingerprint density at radius 2 is 0.969 bits per heavy atom. The molecule has 0 aliphatic rings. The van der Waals surface area contributed by atoms with Crippen LogP contribution < -0.4 is 9.47 Å². The lowest BCUT2D eigenvalue weighted by Gasteiger charge is -2.09. The highest BCUT2D eigenvalue weighted by Gasteiger charge is 2.12. The summed E-state index contributed by atoms with van der Waals surface area (Å²) in [6.45, 7) is 0. The molecule has 5 nitrogen and oxygen atoms in total. The SMILES string of the molecule is COc1ccc(-c2ccc(C(=O)c3ccc(-c4ccc(OC)cc4O)cc3)cc2)c(O)c1. The van der Waals surface area contributed by atoms with Crippen LogP contribution in [0, 0.1) is 0 Å². The summed E-state index contributed by atoms with van der Waals surface area (Å²) < 4.78 is 10.2. The molecule has 0 bridgehead atoms. The van der Waals surface area contributed by atoms with Crippen LogP contribution >= 0.6 is 0 Å². The van der Waals surface area contributed by atoms with Gasteiger partial charge in [0.05, 0.1) is 14.2 Å². The molecule has 4 rings (SSSR count). The molecule has 0 aliphatic heterocycles. The summed E-state index contributed by atoms with van der Waals surface area (Å²) in [7, 11) is 3.09. The first-order chi connectivity index (χ1) is 15.5. The quantitative estimate of drug-likeness (QED) is 0.388. The third kappa shape index (κ3) is 4.14. The van der Waals surface area contributed by atoms with Crippen LogP contribution in [0.25, 0.3) is 22.3 Å².